The number of aryl methyl sites for hydroxylation is 2. The number of benzene rings is 2. The molecule has 2 rings (SSSR count). The van der Waals surface area contributed by atoms with Crippen molar-refractivity contribution in [2.45, 2.75) is 26.8 Å². The van der Waals surface area contributed by atoms with Gasteiger partial charge in [-0.2, -0.15) is 0 Å². The largest absolute Gasteiger partial charge is 0.496 e. The Kier molecular flexibility index (Phi) is 4.63. The third kappa shape index (κ3) is 3.43. The molecule has 2 aromatic carbocycles. The SMILES string of the molecule is COc1ccccc1C(=O)NC(C)c1ccc(C)c(C)c1. The first kappa shape index (κ1) is 15.1. The van der Waals surface area contributed by atoms with Crippen molar-refractivity contribution in [3.63, 3.8) is 0 Å². The Hall–Kier alpha value is -2.29. The lowest BCUT2D eigenvalue weighted by molar-refractivity contribution is 0.0937. The molecule has 0 saturated heterocycles. The summed E-state index contributed by atoms with van der Waals surface area (Å²) >= 11 is 0. The molecule has 3 heteroatoms. The molecular weight excluding hydrogens is 262 g/mol. The van der Waals surface area contributed by atoms with E-state index < -0.39 is 0 Å². The van der Waals surface area contributed by atoms with E-state index in [1.54, 1.807) is 19.2 Å². The molecule has 3 nitrogen and oxygen atoms in total. The molecular formula is C18H21NO2. The van der Waals surface area contributed by atoms with Crippen LogP contribution >= 0.6 is 0 Å². The Labute approximate surface area is 126 Å². The summed E-state index contributed by atoms with van der Waals surface area (Å²) in [6.45, 7) is 6.14. The number of hydrogen-bond acceptors (Lipinski definition) is 2. The zero-order chi connectivity index (χ0) is 15.4. The maximum absolute atomic E-state index is 12.4. The number of amides is 1. The highest BCUT2D eigenvalue weighted by Gasteiger charge is 2.15. The maximum atomic E-state index is 12.4. The second kappa shape index (κ2) is 6.44. The Morgan fingerprint density at radius 3 is 2.48 bits per heavy atom. The van der Waals surface area contributed by atoms with Crippen molar-refractivity contribution < 1.29 is 9.53 Å². The predicted molar refractivity (Wildman–Crippen MR) is 84.8 cm³/mol. The highest BCUT2D eigenvalue weighted by molar-refractivity contribution is 5.97. The van der Waals surface area contributed by atoms with Crippen LogP contribution in [0, 0.1) is 13.8 Å². The lowest BCUT2D eigenvalue weighted by atomic mass is 10.0. The molecule has 0 radical (unpaired) electrons. The van der Waals surface area contributed by atoms with E-state index in [9.17, 15) is 4.79 Å². The van der Waals surface area contributed by atoms with Crippen molar-refractivity contribution in [2.75, 3.05) is 7.11 Å². The molecule has 0 spiro atoms. The van der Waals surface area contributed by atoms with Crippen molar-refractivity contribution in [1.82, 2.24) is 5.32 Å². The van der Waals surface area contributed by atoms with Gasteiger partial charge in [-0.3, -0.25) is 4.79 Å². The van der Waals surface area contributed by atoms with Gasteiger partial charge in [-0.1, -0.05) is 30.3 Å². The van der Waals surface area contributed by atoms with Gasteiger partial charge in [0.1, 0.15) is 5.75 Å². The van der Waals surface area contributed by atoms with Crippen LogP contribution in [0.3, 0.4) is 0 Å². The number of ether oxygens (including phenoxy) is 1. The number of carbonyl (C=O) groups is 1. The maximum Gasteiger partial charge on any atom is 0.255 e. The Balaban J connectivity index is 2.16. The molecule has 2 aromatic rings. The van der Waals surface area contributed by atoms with E-state index in [-0.39, 0.29) is 11.9 Å². The minimum Gasteiger partial charge on any atom is -0.496 e. The highest BCUT2D eigenvalue weighted by atomic mass is 16.5. The number of hydrogen-bond donors (Lipinski definition) is 1. The molecule has 110 valence electrons. The molecule has 0 saturated carbocycles. The van der Waals surface area contributed by atoms with Crippen molar-refractivity contribution >= 4 is 5.91 Å². The molecule has 0 aromatic heterocycles. The van der Waals surface area contributed by atoms with E-state index in [0.29, 0.717) is 11.3 Å². The lowest BCUT2D eigenvalue weighted by Gasteiger charge is -2.16. The summed E-state index contributed by atoms with van der Waals surface area (Å²) in [5, 5.41) is 3.01. The van der Waals surface area contributed by atoms with Gasteiger partial charge in [0.15, 0.2) is 0 Å². The van der Waals surface area contributed by atoms with Gasteiger partial charge in [-0.15, -0.1) is 0 Å². The number of methoxy groups -OCH3 is 1. The van der Waals surface area contributed by atoms with Crippen LogP contribution in [-0.2, 0) is 0 Å². The van der Waals surface area contributed by atoms with Gasteiger partial charge in [0, 0.05) is 0 Å². The highest BCUT2D eigenvalue weighted by Crippen LogP contribution is 2.20. The molecule has 1 unspecified atom stereocenters. The molecule has 0 heterocycles. The van der Waals surface area contributed by atoms with E-state index in [0.717, 1.165) is 5.56 Å². The summed E-state index contributed by atoms with van der Waals surface area (Å²) in [6, 6.07) is 13.4. The standard InChI is InChI=1S/C18H21NO2/c1-12-9-10-15(11-13(12)2)14(3)19-18(20)16-7-5-6-8-17(16)21-4/h5-11,14H,1-4H3,(H,19,20). The number of para-hydroxylation sites is 1. The van der Waals surface area contributed by atoms with Gasteiger partial charge in [-0.25, -0.2) is 0 Å². The van der Waals surface area contributed by atoms with Gasteiger partial charge in [0.05, 0.1) is 18.7 Å². The summed E-state index contributed by atoms with van der Waals surface area (Å²) < 4.78 is 5.23. The van der Waals surface area contributed by atoms with E-state index >= 15 is 0 Å². The summed E-state index contributed by atoms with van der Waals surface area (Å²) in [6.07, 6.45) is 0. The summed E-state index contributed by atoms with van der Waals surface area (Å²) in [5.74, 6) is 0.459. The predicted octanol–water partition coefficient (Wildman–Crippen LogP) is 3.80. The number of carbonyl (C=O) groups excluding carboxylic acids is 1. The Morgan fingerprint density at radius 2 is 1.81 bits per heavy atom. The van der Waals surface area contributed by atoms with Crippen LogP contribution in [0.5, 0.6) is 5.75 Å². The summed E-state index contributed by atoms with van der Waals surface area (Å²) in [4.78, 5) is 12.4. The van der Waals surface area contributed by atoms with E-state index in [1.807, 2.05) is 19.1 Å². The first-order valence-electron chi connectivity index (χ1n) is 7.04. The Morgan fingerprint density at radius 1 is 1.10 bits per heavy atom. The molecule has 1 amide bonds. The van der Waals surface area contributed by atoms with Crippen molar-refractivity contribution in [1.29, 1.82) is 0 Å². The number of rotatable bonds is 4. The minimum atomic E-state index is -0.127. The van der Waals surface area contributed by atoms with Gasteiger partial charge >= 0.3 is 0 Å². The van der Waals surface area contributed by atoms with Crippen LogP contribution in [0.1, 0.15) is 40.0 Å². The average molecular weight is 283 g/mol. The smallest absolute Gasteiger partial charge is 0.255 e. The van der Waals surface area contributed by atoms with Crippen molar-refractivity contribution in [2.24, 2.45) is 0 Å². The normalized spacial score (nSPS) is 11.8. The molecule has 0 aliphatic heterocycles. The quantitative estimate of drug-likeness (QED) is 0.926. The van der Waals surface area contributed by atoms with Crippen LogP contribution in [0.15, 0.2) is 42.5 Å². The zero-order valence-corrected chi connectivity index (χ0v) is 12.9. The van der Waals surface area contributed by atoms with Gasteiger partial charge in [0.2, 0.25) is 0 Å². The second-order valence-electron chi connectivity index (χ2n) is 5.24. The zero-order valence-electron chi connectivity index (χ0n) is 12.9. The van der Waals surface area contributed by atoms with E-state index in [2.05, 4.69) is 37.4 Å². The molecule has 1 atom stereocenters. The summed E-state index contributed by atoms with van der Waals surface area (Å²) in [5.41, 5.74) is 4.13. The van der Waals surface area contributed by atoms with Crippen molar-refractivity contribution in [3.8, 4) is 5.75 Å². The van der Waals surface area contributed by atoms with E-state index in [1.165, 1.54) is 11.1 Å². The Bertz CT molecular complexity index is 649. The third-order valence-electron chi connectivity index (χ3n) is 3.73. The van der Waals surface area contributed by atoms with Crippen LogP contribution in [0.25, 0.3) is 0 Å². The topological polar surface area (TPSA) is 38.3 Å². The first-order valence-corrected chi connectivity index (χ1v) is 7.04. The fourth-order valence-corrected chi connectivity index (χ4v) is 2.22. The molecule has 0 bridgehead atoms. The van der Waals surface area contributed by atoms with Crippen LogP contribution < -0.4 is 10.1 Å². The number of nitrogens with one attached hydrogen (secondary N) is 1. The van der Waals surface area contributed by atoms with Crippen molar-refractivity contribution in [3.05, 3.63) is 64.7 Å². The third-order valence-corrected chi connectivity index (χ3v) is 3.73. The minimum absolute atomic E-state index is 0.0540. The van der Waals surface area contributed by atoms with Gasteiger partial charge in [-0.05, 0) is 49.6 Å². The van der Waals surface area contributed by atoms with Crippen LogP contribution in [0.4, 0.5) is 0 Å². The second-order valence-corrected chi connectivity index (χ2v) is 5.24. The average Bonchev–Trinajstić information content (AvgIpc) is 2.49. The fourth-order valence-electron chi connectivity index (χ4n) is 2.22. The first-order chi connectivity index (χ1) is 10.0. The lowest BCUT2D eigenvalue weighted by Crippen LogP contribution is -2.27. The van der Waals surface area contributed by atoms with Gasteiger partial charge in [0.25, 0.3) is 5.91 Å². The fraction of sp³-hybridized carbons (Fsp3) is 0.278. The molecule has 1 N–H and O–H groups in total. The molecule has 21 heavy (non-hydrogen) atoms. The summed E-state index contributed by atoms with van der Waals surface area (Å²) in [7, 11) is 1.57. The van der Waals surface area contributed by atoms with Gasteiger partial charge < -0.3 is 10.1 Å². The molecule has 0 aliphatic carbocycles. The van der Waals surface area contributed by atoms with Crippen LogP contribution in [0.2, 0.25) is 0 Å². The monoisotopic (exact) mass is 283 g/mol. The van der Waals surface area contributed by atoms with E-state index in [4.69, 9.17) is 4.74 Å². The molecule has 0 fully saturated rings. The van der Waals surface area contributed by atoms with Crippen LogP contribution in [-0.4, -0.2) is 13.0 Å². The molecule has 0 aliphatic rings.